The van der Waals surface area contributed by atoms with Gasteiger partial charge in [-0.15, -0.1) is 0 Å². The van der Waals surface area contributed by atoms with Crippen LogP contribution in [0.15, 0.2) is 0 Å². The Balaban J connectivity index is 3.64. The fraction of sp³-hybridized carbons (Fsp3) is 0.923. The van der Waals surface area contributed by atoms with Gasteiger partial charge in [-0.2, -0.15) is 0 Å². The van der Waals surface area contributed by atoms with E-state index in [2.05, 4.69) is 6.92 Å². The predicted molar refractivity (Wildman–Crippen MR) is 67.2 cm³/mol. The van der Waals surface area contributed by atoms with Gasteiger partial charge in [0.15, 0.2) is 0 Å². The molecule has 1 unspecified atom stereocenters. The molecule has 0 amide bonds. The fourth-order valence-corrected chi connectivity index (χ4v) is 1.46. The fourth-order valence-electron chi connectivity index (χ4n) is 1.46. The molecule has 0 saturated heterocycles. The van der Waals surface area contributed by atoms with E-state index in [0.717, 1.165) is 19.3 Å². The van der Waals surface area contributed by atoms with Gasteiger partial charge in [-0.25, -0.2) is 0 Å². The molecule has 0 aromatic carbocycles. The average molecular weight is 229 g/mol. The first kappa shape index (κ1) is 15.4. The molecule has 0 aromatic rings. The van der Waals surface area contributed by atoms with E-state index >= 15 is 0 Å². The molecular weight excluding hydrogens is 202 g/mol. The smallest absolute Gasteiger partial charge is 0.323 e. The van der Waals surface area contributed by atoms with E-state index in [9.17, 15) is 4.79 Å². The number of ether oxygens (including phenoxy) is 1. The zero-order valence-corrected chi connectivity index (χ0v) is 11.2. The van der Waals surface area contributed by atoms with Crippen molar-refractivity contribution in [3.63, 3.8) is 0 Å². The van der Waals surface area contributed by atoms with E-state index in [0.29, 0.717) is 0 Å². The van der Waals surface area contributed by atoms with E-state index < -0.39 is 11.6 Å². The maximum Gasteiger partial charge on any atom is 0.323 e. The number of unbranched alkanes of at least 4 members (excludes halogenated alkanes) is 4. The molecule has 0 radical (unpaired) electrons. The number of nitrogens with two attached hydrogens (primary N) is 1. The summed E-state index contributed by atoms with van der Waals surface area (Å²) in [6, 6.07) is -0.458. The average Bonchev–Trinajstić information content (AvgIpc) is 2.14. The highest BCUT2D eigenvalue weighted by molar-refractivity contribution is 5.75. The van der Waals surface area contributed by atoms with Crippen LogP contribution in [0.1, 0.15) is 66.2 Å². The van der Waals surface area contributed by atoms with Crippen molar-refractivity contribution >= 4 is 5.97 Å². The summed E-state index contributed by atoms with van der Waals surface area (Å²) in [5.74, 6) is -0.275. The lowest BCUT2D eigenvalue weighted by Crippen LogP contribution is -2.37. The minimum atomic E-state index is -0.458. The Labute approximate surface area is 99.7 Å². The van der Waals surface area contributed by atoms with Gasteiger partial charge in [-0.05, 0) is 27.2 Å². The monoisotopic (exact) mass is 229 g/mol. The minimum absolute atomic E-state index is 0.275. The molecule has 0 heterocycles. The van der Waals surface area contributed by atoms with Crippen molar-refractivity contribution < 1.29 is 9.53 Å². The van der Waals surface area contributed by atoms with Crippen molar-refractivity contribution in [1.29, 1.82) is 0 Å². The number of hydrogen-bond donors (Lipinski definition) is 1. The summed E-state index contributed by atoms with van der Waals surface area (Å²) in [5, 5.41) is 0. The zero-order chi connectivity index (χ0) is 12.6. The second kappa shape index (κ2) is 7.66. The zero-order valence-electron chi connectivity index (χ0n) is 11.2. The number of carbonyl (C=O) groups excluding carboxylic acids is 1. The summed E-state index contributed by atoms with van der Waals surface area (Å²) >= 11 is 0. The van der Waals surface area contributed by atoms with Crippen LogP contribution in [0.25, 0.3) is 0 Å². The molecule has 0 fully saturated rings. The molecule has 0 rings (SSSR count). The first-order valence-corrected chi connectivity index (χ1v) is 6.35. The first-order chi connectivity index (χ1) is 7.37. The summed E-state index contributed by atoms with van der Waals surface area (Å²) in [4.78, 5) is 11.5. The molecule has 0 bridgehead atoms. The lowest BCUT2D eigenvalue weighted by atomic mass is 10.1. The van der Waals surface area contributed by atoms with Crippen molar-refractivity contribution in [3.8, 4) is 0 Å². The summed E-state index contributed by atoms with van der Waals surface area (Å²) in [5.41, 5.74) is 5.33. The van der Waals surface area contributed by atoms with Crippen LogP contribution < -0.4 is 5.73 Å². The van der Waals surface area contributed by atoms with E-state index in [1.54, 1.807) is 0 Å². The summed E-state index contributed by atoms with van der Waals surface area (Å²) in [7, 11) is 0. The Morgan fingerprint density at radius 1 is 1.19 bits per heavy atom. The van der Waals surface area contributed by atoms with Gasteiger partial charge in [0, 0.05) is 0 Å². The van der Waals surface area contributed by atoms with E-state index in [1.807, 2.05) is 20.8 Å². The van der Waals surface area contributed by atoms with Crippen molar-refractivity contribution in [3.05, 3.63) is 0 Å². The molecule has 2 N–H and O–H groups in total. The van der Waals surface area contributed by atoms with Gasteiger partial charge in [0.05, 0.1) is 0 Å². The Bertz CT molecular complexity index is 197. The molecule has 1 atom stereocenters. The van der Waals surface area contributed by atoms with E-state index in [-0.39, 0.29) is 5.97 Å². The molecular formula is C13H27NO2. The Morgan fingerprint density at radius 2 is 1.75 bits per heavy atom. The Hall–Kier alpha value is -0.570. The molecule has 0 saturated carbocycles. The standard InChI is InChI=1S/C13H27NO2/c1-5-6-7-8-9-10-11(14)12(15)16-13(2,3)4/h11H,5-10,14H2,1-4H3. The van der Waals surface area contributed by atoms with Crippen LogP contribution in [-0.2, 0) is 9.53 Å². The van der Waals surface area contributed by atoms with Crippen molar-refractivity contribution in [2.45, 2.75) is 77.9 Å². The molecule has 3 nitrogen and oxygen atoms in total. The molecule has 0 spiro atoms. The van der Waals surface area contributed by atoms with Crippen LogP contribution >= 0.6 is 0 Å². The summed E-state index contributed by atoms with van der Waals surface area (Å²) in [6.07, 6.45) is 6.64. The summed E-state index contributed by atoms with van der Waals surface area (Å²) in [6.45, 7) is 7.77. The molecule has 16 heavy (non-hydrogen) atoms. The second-order valence-electron chi connectivity index (χ2n) is 5.34. The predicted octanol–water partition coefficient (Wildman–Crippen LogP) is 3.02. The molecule has 0 aliphatic rings. The van der Waals surface area contributed by atoms with Crippen LogP contribution in [0.3, 0.4) is 0 Å². The SMILES string of the molecule is CCCCCCCC(N)C(=O)OC(C)(C)C. The minimum Gasteiger partial charge on any atom is -0.459 e. The van der Waals surface area contributed by atoms with E-state index in [1.165, 1.54) is 19.3 Å². The van der Waals surface area contributed by atoms with Gasteiger partial charge in [-0.3, -0.25) is 4.79 Å². The highest BCUT2D eigenvalue weighted by Crippen LogP contribution is 2.11. The van der Waals surface area contributed by atoms with Gasteiger partial charge in [0.1, 0.15) is 11.6 Å². The highest BCUT2D eigenvalue weighted by Gasteiger charge is 2.21. The summed E-state index contributed by atoms with van der Waals surface area (Å²) < 4.78 is 5.21. The van der Waals surface area contributed by atoms with E-state index in [4.69, 9.17) is 10.5 Å². The molecule has 3 heteroatoms. The lowest BCUT2D eigenvalue weighted by molar-refractivity contribution is -0.156. The first-order valence-electron chi connectivity index (χ1n) is 6.35. The van der Waals surface area contributed by atoms with Crippen molar-refractivity contribution in [1.82, 2.24) is 0 Å². The maximum atomic E-state index is 11.5. The lowest BCUT2D eigenvalue weighted by Gasteiger charge is -2.22. The Kier molecular flexibility index (Phi) is 7.39. The number of esters is 1. The van der Waals surface area contributed by atoms with Crippen LogP contribution in [0.4, 0.5) is 0 Å². The van der Waals surface area contributed by atoms with Gasteiger partial charge in [0.2, 0.25) is 0 Å². The number of carbonyl (C=O) groups is 1. The van der Waals surface area contributed by atoms with Crippen molar-refractivity contribution in [2.75, 3.05) is 0 Å². The van der Waals surface area contributed by atoms with Crippen LogP contribution in [0, 0.1) is 0 Å². The van der Waals surface area contributed by atoms with Gasteiger partial charge < -0.3 is 10.5 Å². The Morgan fingerprint density at radius 3 is 2.25 bits per heavy atom. The second-order valence-corrected chi connectivity index (χ2v) is 5.34. The largest absolute Gasteiger partial charge is 0.459 e. The maximum absolute atomic E-state index is 11.5. The third-order valence-electron chi connectivity index (χ3n) is 2.33. The topological polar surface area (TPSA) is 52.3 Å². The number of hydrogen-bond acceptors (Lipinski definition) is 3. The molecule has 0 aliphatic carbocycles. The molecule has 0 aromatic heterocycles. The normalized spacial score (nSPS) is 13.6. The van der Waals surface area contributed by atoms with Gasteiger partial charge in [0.25, 0.3) is 0 Å². The van der Waals surface area contributed by atoms with Gasteiger partial charge in [-0.1, -0.05) is 39.0 Å². The van der Waals surface area contributed by atoms with Gasteiger partial charge >= 0.3 is 5.97 Å². The van der Waals surface area contributed by atoms with Crippen LogP contribution in [0.2, 0.25) is 0 Å². The molecule has 96 valence electrons. The van der Waals surface area contributed by atoms with Crippen LogP contribution in [0.5, 0.6) is 0 Å². The third-order valence-corrected chi connectivity index (χ3v) is 2.33. The molecule has 0 aliphatic heterocycles. The quantitative estimate of drug-likeness (QED) is 0.539. The third kappa shape index (κ3) is 8.72. The number of rotatable bonds is 7. The van der Waals surface area contributed by atoms with Crippen LogP contribution in [-0.4, -0.2) is 17.6 Å². The highest BCUT2D eigenvalue weighted by atomic mass is 16.6. The van der Waals surface area contributed by atoms with Crippen molar-refractivity contribution in [2.24, 2.45) is 5.73 Å².